The average molecular weight is 259 g/mol. The Bertz CT molecular complexity index is 597. The molecule has 0 unspecified atom stereocenters. The summed E-state index contributed by atoms with van der Waals surface area (Å²) >= 11 is 0. The van der Waals surface area contributed by atoms with Gasteiger partial charge in [-0.2, -0.15) is 0 Å². The van der Waals surface area contributed by atoms with Gasteiger partial charge >= 0.3 is 0 Å². The van der Waals surface area contributed by atoms with Crippen LogP contribution in [0.5, 0.6) is 23.0 Å². The molecular weight excluding hydrogens is 246 g/mol. The van der Waals surface area contributed by atoms with Gasteiger partial charge in [0.2, 0.25) is 0 Å². The molecule has 2 aromatic carbocycles. The summed E-state index contributed by atoms with van der Waals surface area (Å²) in [6.45, 7) is 0. The van der Waals surface area contributed by atoms with E-state index in [0.29, 0.717) is 0 Å². The summed E-state index contributed by atoms with van der Waals surface area (Å²) in [7, 11) is 0. The van der Waals surface area contributed by atoms with Crippen LogP contribution in [0.1, 0.15) is 11.1 Å². The fraction of sp³-hybridized carbons (Fsp3) is 0.0714. The number of rotatable bonds is 3. The minimum Gasteiger partial charge on any atom is -0.508 e. The first-order valence-electron chi connectivity index (χ1n) is 5.58. The molecule has 0 heterocycles. The van der Waals surface area contributed by atoms with Gasteiger partial charge < -0.3 is 25.8 Å². The van der Waals surface area contributed by atoms with Crippen molar-refractivity contribution in [2.75, 3.05) is 0 Å². The number of hydrogen-bond donors (Lipinski definition) is 5. The summed E-state index contributed by atoms with van der Waals surface area (Å²) in [5.41, 5.74) is 0.765. The van der Waals surface area contributed by atoms with Crippen molar-refractivity contribution in [3.05, 3.63) is 47.5 Å². The largest absolute Gasteiger partial charge is 0.508 e. The standard InChI is InChI=1S/C14H13NO4/c15-11(5-8-1-3-9(16)4-2-8)14-12(18)6-10(17)7-13(14)19/h1-4,6-7,15-19H,5H2. The Morgan fingerprint density at radius 1 is 0.842 bits per heavy atom. The van der Waals surface area contributed by atoms with Crippen LogP contribution in [0.2, 0.25) is 0 Å². The van der Waals surface area contributed by atoms with Crippen molar-refractivity contribution >= 4 is 5.71 Å². The van der Waals surface area contributed by atoms with Gasteiger partial charge in [0.1, 0.15) is 23.0 Å². The lowest BCUT2D eigenvalue weighted by atomic mass is 10.0. The van der Waals surface area contributed by atoms with Crippen LogP contribution in [0.3, 0.4) is 0 Å². The summed E-state index contributed by atoms with van der Waals surface area (Å²) < 4.78 is 0. The van der Waals surface area contributed by atoms with Crippen LogP contribution in [0.25, 0.3) is 0 Å². The second-order valence-electron chi connectivity index (χ2n) is 4.18. The average Bonchev–Trinajstić information content (AvgIpc) is 2.30. The van der Waals surface area contributed by atoms with Gasteiger partial charge in [-0.3, -0.25) is 0 Å². The van der Waals surface area contributed by atoms with Crippen molar-refractivity contribution in [2.24, 2.45) is 0 Å². The highest BCUT2D eigenvalue weighted by atomic mass is 16.3. The molecule has 0 radical (unpaired) electrons. The Hall–Kier alpha value is -2.69. The maximum Gasteiger partial charge on any atom is 0.132 e. The fourth-order valence-corrected chi connectivity index (χ4v) is 1.81. The minimum atomic E-state index is -0.346. The molecule has 0 saturated carbocycles. The van der Waals surface area contributed by atoms with Crippen molar-refractivity contribution < 1.29 is 20.4 Å². The van der Waals surface area contributed by atoms with E-state index >= 15 is 0 Å². The van der Waals surface area contributed by atoms with Crippen molar-refractivity contribution in [1.29, 1.82) is 5.41 Å². The van der Waals surface area contributed by atoms with Gasteiger partial charge in [0.25, 0.3) is 0 Å². The fourth-order valence-electron chi connectivity index (χ4n) is 1.81. The molecule has 0 fully saturated rings. The Morgan fingerprint density at radius 3 is 1.89 bits per heavy atom. The van der Waals surface area contributed by atoms with Gasteiger partial charge in [0.15, 0.2) is 0 Å². The molecule has 0 aromatic heterocycles. The monoisotopic (exact) mass is 259 g/mol. The Morgan fingerprint density at radius 2 is 1.37 bits per heavy atom. The number of phenols is 4. The van der Waals surface area contributed by atoms with E-state index in [2.05, 4.69) is 0 Å². The van der Waals surface area contributed by atoms with Crippen LogP contribution in [-0.2, 0) is 6.42 Å². The van der Waals surface area contributed by atoms with Crippen LogP contribution >= 0.6 is 0 Å². The van der Waals surface area contributed by atoms with Gasteiger partial charge in [-0.15, -0.1) is 0 Å². The van der Waals surface area contributed by atoms with Crippen LogP contribution in [-0.4, -0.2) is 26.1 Å². The number of nitrogens with one attached hydrogen (secondary N) is 1. The molecule has 0 aliphatic carbocycles. The molecule has 98 valence electrons. The predicted octanol–water partition coefficient (Wildman–Crippen LogP) is 2.12. The van der Waals surface area contributed by atoms with Gasteiger partial charge in [0.05, 0.1) is 11.3 Å². The Kier molecular flexibility index (Phi) is 3.29. The normalized spacial score (nSPS) is 10.3. The van der Waals surface area contributed by atoms with E-state index < -0.39 is 0 Å². The molecule has 0 amide bonds. The topological polar surface area (TPSA) is 105 Å². The molecule has 0 atom stereocenters. The third kappa shape index (κ3) is 2.77. The summed E-state index contributed by atoms with van der Waals surface area (Å²) in [5.74, 6) is -0.829. The molecule has 0 aliphatic rings. The van der Waals surface area contributed by atoms with Crippen LogP contribution in [0.15, 0.2) is 36.4 Å². The van der Waals surface area contributed by atoms with Crippen molar-refractivity contribution in [3.63, 3.8) is 0 Å². The molecule has 2 rings (SSSR count). The van der Waals surface area contributed by atoms with E-state index in [0.717, 1.165) is 17.7 Å². The summed E-state index contributed by atoms with van der Waals surface area (Å²) in [4.78, 5) is 0. The Labute approximate surface area is 109 Å². The van der Waals surface area contributed by atoms with E-state index in [9.17, 15) is 15.3 Å². The number of benzene rings is 2. The SMILES string of the molecule is N=C(Cc1ccc(O)cc1)c1c(O)cc(O)cc1O. The highest BCUT2D eigenvalue weighted by Gasteiger charge is 2.15. The molecule has 5 heteroatoms. The van der Waals surface area contributed by atoms with Gasteiger partial charge in [-0.05, 0) is 17.7 Å². The lowest BCUT2D eigenvalue weighted by Gasteiger charge is -2.09. The maximum atomic E-state index is 9.66. The van der Waals surface area contributed by atoms with E-state index in [1.54, 1.807) is 12.1 Å². The first-order valence-corrected chi connectivity index (χ1v) is 5.58. The van der Waals surface area contributed by atoms with Gasteiger partial charge in [-0.1, -0.05) is 12.1 Å². The second kappa shape index (κ2) is 4.89. The molecule has 19 heavy (non-hydrogen) atoms. The molecular formula is C14H13NO4. The number of aromatic hydroxyl groups is 4. The predicted molar refractivity (Wildman–Crippen MR) is 70.1 cm³/mol. The zero-order valence-electron chi connectivity index (χ0n) is 9.96. The van der Waals surface area contributed by atoms with Crippen LogP contribution in [0, 0.1) is 5.41 Å². The summed E-state index contributed by atoms with van der Waals surface area (Å²) in [5, 5.41) is 45.6. The first-order chi connectivity index (χ1) is 8.97. The summed E-state index contributed by atoms with van der Waals surface area (Å²) in [6, 6.07) is 8.44. The first kappa shape index (κ1) is 12.8. The number of phenolic OH excluding ortho intramolecular Hbond substituents is 4. The third-order valence-electron chi connectivity index (χ3n) is 2.70. The zero-order valence-corrected chi connectivity index (χ0v) is 9.96. The highest BCUT2D eigenvalue weighted by Crippen LogP contribution is 2.32. The van der Waals surface area contributed by atoms with Gasteiger partial charge in [0, 0.05) is 18.6 Å². The second-order valence-corrected chi connectivity index (χ2v) is 4.18. The molecule has 0 bridgehead atoms. The molecule has 0 spiro atoms. The van der Waals surface area contributed by atoms with Crippen molar-refractivity contribution in [3.8, 4) is 23.0 Å². The lowest BCUT2D eigenvalue weighted by Crippen LogP contribution is -2.04. The molecule has 2 aromatic rings. The third-order valence-corrected chi connectivity index (χ3v) is 2.70. The smallest absolute Gasteiger partial charge is 0.132 e. The summed E-state index contributed by atoms with van der Waals surface area (Å²) in [6.07, 6.45) is 0.187. The van der Waals surface area contributed by atoms with E-state index in [4.69, 9.17) is 10.5 Å². The zero-order chi connectivity index (χ0) is 14.0. The quantitative estimate of drug-likeness (QED) is 0.544. The lowest BCUT2D eigenvalue weighted by molar-refractivity contribution is 0.426. The van der Waals surface area contributed by atoms with Crippen LogP contribution in [0.4, 0.5) is 0 Å². The Balaban J connectivity index is 2.28. The molecule has 5 N–H and O–H groups in total. The maximum absolute atomic E-state index is 9.66. The van der Waals surface area contributed by atoms with Crippen LogP contribution < -0.4 is 0 Å². The van der Waals surface area contributed by atoms with Gasteiger partial charge in [-0.25, -0.2) is 0 Å². The molecule has 0 aliphatic heterocycles. The number of hydrogen-bond acceptors (Lipinski definition) is 5. The van der Waals surface area contributed by atoms with E-state index in [1.165, 1.54) is 12.1 Å². The van der Waals surface area contributed by atoms with E-state index in [-0.39, 0.29) is 40.7 Å². The van der Waals surface area contributed by atoms with Crippen molar-refractivity contribution in [2.45, 2.75) is 6.42 Å². The highest BCUT2D eigenvalue weighted by molar-refractivity contribution is 6.04. The molecule has 0 saturated heterocycles. The molecule has 5 nitrogen and oxygen atoms in total. The minimum absolute atomic E-state index is 0.00845. The van der Waals surface area contributed by atoms with E-state index in [1.807, 2.05) is 0 Å². The van der Waals surface area contributed by atoms with Crippen molar-refractivity contribution in [1.82, 2.24) is 0 Å².